The molecule has 196 valence electrons. The summed E-state index contributed by atoms with van der Waals surface area (Å²) in [6, 6.07) is 25.4. The minimum Gasteiger partial charge on any atom is -0.457 e. The number of carbonyl (C=O) groups excluding carboxylic acids is 2. The highest BCUT2D eigenvalue weighted by Gasteiger charge is 2.45. The normalized spacial score (nSPS) is 22.2. The molecule has 3 atom stereocenters. The van der Waals surface area contributed by atoms with Gasteiger partial charge in [-0.05, 0) is 64.9 Å². The molecule has 3 aliphatic rings. The van der Waals surface area contributed by atoms with Crippen molar-refractivity contribution in [3.63, 3.8) is 0 Å². The van der Waals surface area contributed by atoms with Crippen LogP contribution in [0.2, 0.25) is 0 Å². The maximum atomic E-state index is 14.3. The van der Waals surface area contributed by atoms with E-state index in [1.54, 1.807) is 12.2 Å². The van der Waals surface area contributed by atoms with Gasteiger partial charge in [-0.2, -0.15) is 0 Å². The maximum Gasteiger partial charge on any atom is 0.246 e. The monoisotopic (exact) mass is 517 g/mol. The van der Waals surface area contributed by atoms with Gasteiger partial charge in [-0.1, -0.05) is 60.7 Å². The number of fused-ring (bicyclic) bond motifs is 2. The van der Waals surface area contributed by atoms with Gasteiger partial charge in [0.2, 0.25) is 5.91 Å². The molecule has 0 saturated carbocycles. The van der Waals surface area contributed by atoms with Crippen molar-refractivity contribution in [3.05, 3.63) is 125 Å². The van der Waals surface area contributed by atoms with Gasteiger partial charge in [-0.15, -0.1) is 0 Å². The van der Waals surface area contributed by atoms with Crippen molar-refractivity contribution in [2.75, 3.05) is 19.6 Å². The molecule has 1 amide bonds. The zero-order valence-corrected chi connectivity index (χ0v) is 21.6. The number of Topliss-reactive ketones (excluding diaryl/α,β-unsaturated/α-hetero) is 1. The fourth-order valence-corrected chi connectivity index (χ4v) is 6.20. The Morgan fingerprint density at radius 3 is 2.46 bits per heavy atom. The molecule has 2 unspecified atom stereocenters. The molecule has 1 saturated heterocycles. The highest BCUT2D eigenvalue weighted by molar-refractivity contribution is 6.15. The molecular formula is C33H31N3O3. The number of likely N-dealkylation sites (tertiary alicyclic amines) is 1. The van der Waals surface area contributed by atoms with E-state index in [-0.39, 0.29) is 23.5 Å². The highest BCUT2D eigenvalue weighted by atomic mass is 16.5. The summed E-state index contributed by atoms with van der Waals surface area (Å²) < 4.78 is 5.94. The number of ketones is 1. The number of nitrogens with two attached hydrogens (primary N) is 2. The fraction of sp³-hybridized carbons (Fsp3) is 0.212. The predicted octanol–water partition coefficient (Wildman–Crippen LogP) is 4.90. The van der Waals surface area contributed by atoms with Crippen LogP contribution >= 0.6 is 0 Å². The first kappa shape index (κ1) is 24.9. The van der Waals surface area contributed by atoms with Gasteiger partial charge in [-0.3, -0.25) is 9.59 Å². The summed E-state index contributed by atoms with van der Waals surface area (Å²) in [6.07, 6.45) is 6.04. The molecule has 0 aromatic heterocycles. The van der Waals surface area contributed by atoms with E-state index in [0.29, 0.717) is 31.1 Å². The number of nitrogens with zero attached hydrogens (tertiary/aromatic N) is 1. The van der Waals surface area contributed by atoms with Crippen molar-refractivity contribution in [2.24, 2.45) is 17.4 Å². The number of benzene rings is 3. The van der Waals surface area contributed by atoms with Gasteiger partial charge in [0, 0.05) is 42.9 Å². The Labute approximate surface area is 228 Å². The summed E-state index contributed by atoms with van der Waals surface area (Å²) in [5.74, 6) is 0.968. The van der Waals surface area contributed by atoms with Crippen LogP contribution in [0.15, 0.2) is 108 Å². The molecule has 0 spiro atoms. The molecule has 0 bridgehead atoms. The van der Waals surface area contributed by atoms with Crippen molar-refractivity contribution in [1.82, 2.24) is 4.90 Å². The average molecular weight is 518 g/mol. The molecule has 3 aromatic rings. The van der Waals surface area contributed by atoms with E-state index in [1.807, 2.05) is 77.7 Å². The van der Waals surface area contributed by atoms with E-state index < -0.39 is 5.92 Å². The van der Waals surface area contributed by atoms with E-state index in [0.717, 1.165) is 40.0 Å². The standard InChI is InChI=1S/C33H31N3O3/c34-17-6-11-29(37)36-18-16-22(20-36)30-26-10-5-4-9-25(26)27-19-28(35)31(33(38)32(27)30)21-12-14-24(15-13-21)39-23-7-2-1-3-8-23/h1-15,19,22,30-31H,16-18,20,34-35H2/b11-6+/t22-,30?,31?/m0/s1. The number of allylic oxidation sites excluding steroid dienone is 4. The lowest BCUT2D eigenvalue weighted by molar-refractivity contribution is -0.125. The van der Waals surface area contributed by atoms with E-state index in [4.69, 9.17) is 16.2 Å². The Hall–Kier alpha value is -4.42. The van der Waals surface area contributed by atoms with Gasteiger partial charge < -0.3 is 21.1 Å². The van der Waals surface area contributed by atoms with E-state index in [1.165, 1.54) is 0 Å². The summed E-state index contributed by atoms with van der Waals surface area (Å²) in [4.78, 5) is 28.8. The summed E-state index contributed by atoms with van der Waals surface area (Å²) in [5.41, 5.74) is 17.4. The van der Waals surface area contributed by atoms with Crippen LogP contribution in [0.25, 0.3) is 5.57 Å². The third kappa shape index (κ3) is 4.57. The Kier molecular flexibility index (Phi) is 6.63. The van der Waals surface area contributed by atoms with Crippen LogP contribution in [0.3, 0.4) is 0 Å². The first-order valence-electron chi connectivity index (χ1n) is 13.4. The van der Waals surface area contributed by atoms with Gasteiger partial charge in [0.1, 0.15) is 11.5 Å². The van der Waals surface area contributed by atoms with Gasteiger partial charge in [-0.25, -0.2) is 0 Å². The largest absolute Gasteiger partial charge is 0.457 e. The van der Waals surface area contributed by atoms with Crippen LogP contribution in [-0.4, -0.2) is 36.2 Å². The minimum atomic E-state index is -0.557. The molecule has 6 nitrogen and oxygen atoms in total. The zero-order chi connectivity index (χ0) is 26.9. The average Bonchev–Trinajstić information content (AvgIpc) is 3.57. The Morgan fingerprint density at radius 2 is 1.69 bits per heavy atom. The second-order valence-corrected chi connectivity index (χ2v) is 10.3. The molecule has 3 aromatic carbocycles. The van der Waals surface area contributed by atoms with Crippen LogP contribution in [0.5, 0.6) is 11.5 Å². The fourth-order valence-electron chi connectivity index (χ4n) is 6.20. The lowest BCUT2D eigenvalue weighted by Crippen LogP contribution is -2.30. The summed E-state index contributed by atoms with van der Waals surface area (Å²) >= 11 is 0. The Balaban J connectivity index is 1.30. The number of rotatable bonds is 6. The number of para-hydroxylation sites is 1. The lowest BCUT2D eigenvalue weighted by Gasteiger charge is -2.28. The number of hydrogen-bond donors (Lipinski definition) is 2. The van der Waals surface area contributed by atoms with E-state index in [9.17, 15) is 9.59 Å². The first-order valence-corrected chi connectivity index (χ1v) is 13.4. The lowest BCUT2D eigenvalue weighted by atomic mass is 9.75. The topological polar surface area (TPSA) is 98.7 Å². The first-order chi connectivity index (χ1) is 19.0. The number of hydrogen-bond acceptors (Lipinski definition) is 5. The zero-order valence-electron chi connectivity index (χ0n) is 21.6. The van der Waals surface area contributed by atoms with Crippen LogP contribution in [-0.2, 0) is 9.59 Å². The molecule has 2 aliphatic carbocycles. The van der Waals surface area contributed by atoms with Crippen molar-refractivity contribution in [3.8, 4) is 11.5 Å². The second-order valence-electron chi connectivity index (χ2n) is 10.3. The SMILES string of the molecule is NC/C=C/C(=O)N1CC[C@H](C2C3=C(C=C(N)C(c4ccc(Oc5ccccc5)cc4)C3=O)c3ccccc32)C1. The summed E-state index contributed by atoms with van der Waals surface area (Å²) in [5, 5.41) is 0. The minimum absolute atomic E-state index is 0.0294. The van der Waals surface area contributed by atoms with E-state index >= 15 is 0 Å². The van der Waals surface area contributed by atoms with Crippen molar-refractivity contribution in [1.29, 1.82) is 0 Å². The molecule has 39 heavy (non-hydrogen) atoms. The Bertz CT molecular complexity index is 1500. The van der Waals surface area contributed by atoms with Crippen LogP contribution in [0.4, 0.5) is 0 Å². The molecular weight excluding hydrogens is 486 g/mol. The summed E-state index contributed by atoms with van der Waals surface area (Å²) in [7, 11) is 0. The maximum absolute atomic E-state index is 14.3. The predicted molar refractivity (Wildman–Crippen MR) is 152 cm³/mol. The molecule has 1 heterocycles. The van der Waals surface area contributed by atoms with Gasteiger partial charge in [0.25, 0.3) is 0 Å². The number of ether oxygens (including phenoxy) is 1. The molecule has 1 fully saturated rings. The van der Waals surface area contributed by atoms with Gasteiger partial charge in [0.15, 0.2) is 5.78 Å². The third-order valence-electron chi connectivity index (χ3n) is 7.96. The summed E-state index contributed by atoms with van der Waals surface area (Å²) in [6.45, 7) is 1.60. The van der Waals surface area contributed by atoms with Crippen molar-refractivity contribution >= 4 is 17.3 Å². The number of amides is 1. The number of carbonyl (C=O) groups is 2. The van der Waals surface area contributed by atoms with Crippen LogP contribution in [0, 0.1) is 5.92 Å². The second kappa shape index (κ2) is 10.4. The van der Waals surface area contributed by atoms with Gasteiger partial charge >= 0.3 is 0 Å². The van der Waals surface area contributed by atoms with Gasteiger partial charge in [0.05, 0.1) is 5.92 Å². The molecule has 6 rings (SSSR count). The smallest absolute Gasteiger partial charge is 0.246 e. The van der Waals surface area contributed by atoms with E-state index in [2.05, 4.69) is 12.1 Å². The molecule has 4 N–H and O–H groups in total. The quantitative estimate of drug-likeness (QED) is 0.453. The third-order valence-corrected chi connectivity index (χ3v) is 7.96. The van der Waals surface area contributed by atoms with Crippen molar-refractivity contribution < 1.29 is 14.3 Å². The Morgan fingerprint density at radius 1 is 0.974 bits per heavy atom. The van der Waals surface area contributed by atoms with Crippen LogP contribution in [0.1, 0.15) is 34.9 Å². The highest BCUT2D eigenvalue weighted by Crippen LogP contribution is 2.53. The van der Waals surface area contributed by atoms with Crippen LogP contribution < -0.4 is 16.2 Å². The van der Waals surface area contributed by atoms with Crippen molar-refractivity contribution in [2.45, 2.75) is 18.3 Å². The molecule has 6 heteroatoms. The molecule has 1 aliphatic heterocycles. The molecule has 0 radical (unpaired) electrons.